The van der Waals surface area contributed by atoms with Crippen LogP contribution in [0.4, 0.5) is 0 Å². The van der Waals surface area contributed by atoms with Gasteiger partial charge in [-0.15, -0.1) is 4.31 Å². The Bertz CT molecular complexity index is 959. The first-order valence-electron chi connectivity index (χ1n) is 10.4. The zero-order valence-electron chi connectivity index (χ0n) is 17.5. The molecule has 7 nitrogen and oxygen atoms in total. The molecule has 1 aromatic carbocycles. The Balaban J connectivity index is 1.47. The van der Waals surface area contributed by atoms with Crippen molar-refractivity contribution in [2.24, 2.45) is 5.92 Å². The van der Waals surface area contributed by atoms with Crippen LogP contribution < -0.4 is 0 Å². The largest absolute Gasteiger partial charge is 0.598 e. The topological polar surface area (TPSA) is 83.0 Å². The van der Waals surface area contributed by atoms with Crippen LogP contribution in [0, 0.1) is 5.92 Å². The number of hydrogen-bond donors (Lipinski definition) is 0. The Kier molecular flexibility index (Phi) is 5.94. The van der Waals surface area contributed by atoms with Gasteiger partial charge in [0.1, 0.15) is 5.75 Å². The first-order chi connectivity index (χ1) is 13.9. The molecule has 3 aromatic rings. The van der Waals surface area contributed by atoms with Crippen LogP contribution >= 0.6 is 0 Å². The lowest BCUT2D eigenvalue weighted by molar-refractivity contribution is 0.270. The van der Waals surface area contributed by atoms with E-state index < -0.39 is 11.4 Å². The molecule has 0 bridgehead atoms. The lowest BCUT2D eigenvalue weighted by atomic mass is 9.98. The summed E-state index contributed by atoms with van der Waals surface area (Å²) in [4.78, 5) is 4.69. The zero-order chi connectivity index (χ0) is 20.5. The van der Waals surface area contributed by atoms with E-state index in [0.717, 1.165) is 48.2 Å². The number of benzene rings is 1. The van der Waals surface area contributed by atoms with E-state index >= 15 is 0 Å². The summed E-state index contributed by atoms with van der Waals surface area (Å²) in [5, 5.41) is 9.81. The number of hydrogen-bond acceptors (Lipinski definition) is 6. The average molecular weight is 416 g/mol. The van der Waals surface area contributed by atoms with Crippen molar-refractivity contribution in [3.05, 3.63) is 30.3 Å². The molecule has 8 heteroatoms. The normalized spacial score (nSPS) is 17.6. The van der Waals surface area contributed by atoms with Crippen LogP contribution in [0.25, 0.3) is 22.3 Å². The van der Waals surface area contributed by atoms with E-state index in [1.807, 2.05) is 16.9 Å². The van der Waals surface area contributed by atoms with Crippen molar-refractivity contribution in [3.8, 4) is 11.4 Å². The van der Waals surface area contributed by atoms with Gasteiger partial charge >= 0.3 is 0 Å². The van der Waals surface area contributed by atoms with E-state index in [2.05, 4.69) is 59.4 Å². The Labute approximate surface area is 174 Å². The second-order valence-electron chi connectivity index (χ2n) is 8.50. The summed E-state index contributed by atoms with van der Waals surface area (Å²) < 4.78 is 22.1. The summed E-state index contributed by atoms with van der Waals surface area (Å²) in [6.45, 7) is 10.1. The molecule has 1 unspecified atom stereocenters. The molecule has 1 aliphatic heterocycles. The first kappa shape index (κ1) is 20.4. The van der Waals surface area contributed by atoms with E-state index in [9.17, 15) is 4.55 Å². The van der Waals surface area contributed by atoms with Gasteiger partial charge in [0, 0.05) is 47.4 Å². The highest BCUT2D eigenvalue weighted by Crippen LogP contribution is 2.31. The molecule has 29 heavy (non-hydrogen) atoms. The molecule has 0 N–H and O–H groups in total. The molecule has 0 spiro atoms. The summed E-state index contributed by atoms with van der Waals surface area (Å²) in [5.41, 5.74) is 2.01. The summed E-state index contributed by atoms with van der Waals surface area (Å²) in [7, 11) is 0. The van der Waals surface area contributed by atoms with Gasteiger partial charge < -0.3 is 9.08 Å². The van der Waals surface area contributed by atoms with E-state index in [1.54, 1.807) is 0 Å². The second kappa shape index (κ2) is 8.45. The monoisotopic (exact) mass is 415 g/mol. The van der Waals surface area contributed by atoms with Crippen molar-refractivity contribution in [1.82, 2.24) is 24.2 Å². The minimum atomic E-state index is -0.890. The summed E-state index contributed by atoms with van der Waals surface area (Å²) >= 11 is -0.890. The molecule has 2 aromatic heterocycles. The summed E-state index contributed by atoms with van der Waals surface area (Å²) in [6, 6.07) is 6.43. The Hall–Kier alpha value is -1.90. The molecule has 0 aliphatic carbocycles. The third kappa shape index (κ3) is 4.34. The fourth-order valence-corrected chi connectivity index (χ4v) is 5.20. The van der Waals surface area contributed by atoms with Crippen LogP contribution in [0.2, 0.25) is 0 Å². The van der Waals surface area contributed by atoms with Gasteiger partial charge in [-0.2, -0.15) is 10.1 Å². The molecular weight excluding hydrogens is 386 g/mol. The third-order valence-electron chi connectivity index (χ3n) is 5.35. The van der Waals surface area contributed by atoms with Crippen molar-refractivity contribution in [3.63, 3.8) is 0 Å². The molecule has 3 heterocycles. The quantitative estimate of drug-likeness (QED) is 0.562. The average Bonchev–Trinajstić information content (AvgIpc) is 3.34. The number of nitrogens with zero attached hydrogens (tertiary/aromatic N) is 5. The highest BCUT2D eigenvalue weighted by molar-refractivity contribution is 7.89. The van der Waals surface area contributed by atoms with Crippen molar-refractivity contribution in [2.45, 2.75) is 52.5 Å². The number of piperidine rings is 1. The third-order valence-corrected chi connectivity index (χ3v) is 7.25. The molecule has 0 saturated carbocycles. The molecule has 156 valence electrons. The van der Waals surface area contributed by atoms with Crippen molar-refractivity contribution >= 4 is 22.3 Å². The Morgan fingerprint density at radius 1 is 1.21 bits per heavy atom. The van der Waals surface area contributed by atoms with Gasteiger partial charge in [-0.25, -0.2) is 0 Å². The lowest BCUT2D eigenvalue weighted by Crippen LogP contribution is -2.40. The van der Waals surface area contributed by atoms with Gasteiger partial charge in [-0.1, -0.05) is 31.1 Å². The standard InChI is InChI=1S/C21H29N5O2S/c1-14(2)13-29(27)25-9-7-16(8-10-25)21-23-20(24-28-21)17-5-6-18-12-22-26(15(3)4)19(18)11-17/h5-6,11-12,14-16H,7-10,13H2,1-4H3. The van der Waals surface area contributed by atoms with Crippen LogP contribution in [0.15, 0.2) is 28.9 Å². The molecule has 1 atom stereocenters. The molecular formula is C21H29N5O2S. The first-order valence-corrected chi connectivity index (χ1v) is 11.6. The lowest BCUT2D eigenvalue weighted by Gasteiger charge is -2.31. The van der Waals surface area contributed by atoms with Crippen molar-refractivity contribution in [1.29, 1.82) is 0 Å². The SMILES string of the molecule is CC(C)C[S+]([O-])N1CCC(c2nc(-c3ccc4cnn(C(C)C)c4c3)no2)CC1. The van der Waals surface area contributed by atoms with Crippen LogP contribution in [-0.4, -0.2) is 47.6 Å². The van der Waals surface area contributed by atoms with Crippen LogP contribution in [0.1, 0.15) is 58.4 Å². The fraction of sp³-hybridized carbons (Fsp3) is 0.571. The summed E-state index contributed by atoms with van der Waals surface area (Å²) in [5.74, 6) is 2.70. The Morgan fingerprint density at radius 3 is 2.66 bits per heavy atom. The second-order valence-corrected chi connectivity index (χ2v) is 9.99. The highest BCUT2D eigenvalue weighted by Gasteiger charge is 2.31. The maximum absolute atomic E-state index is 12.4. The van der Waals surface area contributed by atoms with Crippen LogP contribution in [0.3, 0.4) is 0 Å². The van der Waals surface area contributed by atoms with E-state index in [1.165, 1.54) is 0 Å². The smallest absolute Gasteiger partial charge is 0.230 e. The van der Waals surface area contributed by atoms with Gasteiger partial charge in [0.05, 0.1) is 11.7 Å². The van der Waals surface area contributed by atoms with E-state index in [0.29, 0.717) is 17.6 Å². The van der Waals surface area contributed by atoms with Gasteiger partial charge in [0.2, 0.25) is 11.7 Å². The van der Waals surface area contributed by atoms with Gasteiger partial charge in [0.25, 0.3) is 0 Å². The predicted molar refractivity (Wildman–Crippen MR) is 115 cm³/mol. The van der Waals surface area contributed by atoms with Crippen molar-refractivity contribution in [2.75, 3.05) is 18.8 Å². The van der Waals surface area contributed by atoms with Crippen LogP contribution in [0.5, 0.6) is 0 Å². The van der Waals surface area contributed by atoms with Crippen molar-refractivity contribution < 1.29 is 9.08 Å². The maximum Gasteiger partial charge on any atom is 0.230 e. The number of fused-ring (bicyclic) bond motifs is 1. The van der Waals surface area contributed by atoms with Gasteiger partial charge in [-0.05, 0) is 38.7 Å². The molecule has 1 saturated heterocycles. The summed E-state index contributed by atoms with van der Waals surface area (Å²) in [6.07, 6.45) is 3.67. The van der Waals surface area contributed by atoms with Crippen LogP contribution in [-0.2, 0) is 11.4 Å². The predicted octanol–water partition coefficient (Wildman–Crippen LogP) is 4.17. The van der Waals surface area contributed by atoms with Gasteiger partial charge in [-0.3, -0.25) is 4.68 Å². The van der Waals surface area contributed by atoms with Gasteiger partial charge in [0.15, 0.2) is 0 Å². The maximum atomic E-state index is 12.4. The molecule has 1 aliphatic rings. The van der Waals surface area contributed by atoms with E-state index in [-0.39, 0.29) is 12.0 Å². The number of rotatable bonds is 6. The molecule has 4 rings (SSSR count). The molecule has 0 amide bonds. The minimum Gasteiger partial charge on any atom is -0.598 e. The Morgan fingerprint density at radius 2 is 1.97 bits per heavy atom. The number of aromatic nitrogens is 4. The minimum absolute atomic E-state index is 0.230. The zero-order valence-corrected chi connectivity index (χ0v) is 18.4. The highest BCUT2D eigenvalue weighted by atomic mass is 32.2. The molecule has 0 radical (unpaired) electrons. The molecule has 1 fully saturated rings. The fourth-order valence-electron chi connectivity index (χ4n) is 3.80. The van der Waals surface area contributed by atoms with E-state index in [4.69, 9.17) is 4.52 Å².